The summed E-state index contributed by atoms with van der Waals surface area (Å²) in [6.07, 6.45) is 5.88. The zero-order valence-corrected chi connectivity index (χ0v) is 22.6. The molecule has 0 aliphatic rings. The lowest BCUT2D eigenvalue weighted by Gasteiger charge is -2.20. The van der Waals surface area contributed by atoms with Crippen LogP contribution < -0.4 is 0 Å². The Morgan fingerprint density at radius 1 is 0.950 bits per heavy atom. The van der Waals surface area contributed by atoms with Gasteiger partial charge in [0.25, 0.3) is 0 Å². The molecule has 7 nitrogen and oxygen atoms in total. The minimum Gasteiger partial charge on any atom is -0.478 e. The molecular formula is C33H29N5O2. The Balaban J connectivity index is 1.59. The van der Waals surface area contributed by atoms with Crippen molar-refractivity contribution in [2.24, 2.45) is 0 Å². The van der Waals surface area contributed by atoms with Crippen LogP contribution in [0.3, 0.4) is 0 Å². The molecule has 2 aromatic carbocycles. The number of aromatic nitrogens is 4. The van der Waals surface area contributed by atoms with E-state index >= 15 is 0 Å². The lowest BCUT2D eigenvalue weighted by atomic mass is 10.0. The van der Waals surface area contributed by atoms with Crippen molar-refractivity contribution in [2.45, 2.75) is 26.8 Å². The highest BCUT2D eigenvalue weighted by Crippen LogP contribution is 2.38. The normalized spacial score (nSPS) is 12.0. The highest BCUT2D eigenvalue weighted by atomic mass is 16.5. The number of rotatable bonds is 7. The van der Waals surface area contributed by atoms with E-state index < -0.39 is 0 Å². The Morgan fingerprint density at radius 2 is 1.73 bits per heavy atom. The van der Waals surface area contributed by atoms with E-state index in [1.807, 2.05) is 75.6 Å². The van der Waals surface area contributed by atoms with E-state index in [1.54, 1.807) is 0 Å². The van der Waals surface area contributed by atoms with Gasteiger partial charge in [-0.1, -0.05) is 53.7 Å². The Hall–Kier alpha value is -5.04. The first kappa shape index (κ1) is 25.2. The molecule has 0 unspecified atom stereocenters. The van der Waals surface area contributed by atoms with Crippen LogP contribution in [0.5, 0.6) is 0 Å². The Bertz CT molecular complexity index is 1730. The standard InChI is InChI=1S/C33H29N5O2/c1-4-39-33(34)25-15-13-23(14-16-25)27-20-38(32(24-10-6-5-7-11-24)28-12-8-9-17-35-28)29-18-26(19-36-31(27)29)30-21(2)37-40-22(30)3/h5-20,32,34H,4H2,1-3H3/t32-/m0/s1. The SMILES string of the molecule is CCOC(=N)c1ccc(-c2cn([C@@H](c3ccccc3)c3ccccn3)c3cc(-c4c(C)noc4C)cnc23)cc1. The van der Waals surface area contributed by atoms with Gasteiger partial charge < -0.3 is 13.8 Å². The van der Waals surface area contributed by atoms with E-state index in [0.29, 0.717) is 6.61 Å². The lowest BCUT2D eigenvalue weighted by Crippen LogP contribution is -2.13. The molecule has 6 rings (SSSR count). The van der Waals surface area contributed by atoms with Crippen LogP contribution >= 0.6 is 0 Å². The van der Waals surface area contributed by atoms with E-state index in [4.69, 9.17) is 24.6 Å². The summed E-state index contributed by atoms with van der Waals surface area (Å²) in [5.74, 6) is 0.923. The second kappa shape index (κ2) is 10.6. The van der Waals surface area contributed by atoms with Crippen LogP contribution in [-0.2, 0) is 4.74 Å². The van der Waals surface area contributed by atoms with Gasteiger partial charge in [0.05, 0.1) is 29.0 Å². The van der Waals surface area contributed by atoms with Crippen LogP contribution in [0.4, 0.5) is 0 Å². The maximum atomic E-state index is 8.15. The third-order valence-corrected chi connectivity index (χ3v) is 7.10. The predicted octanol–water partition coefficient (Wildman–Crippen LogP) is 7.37. The fraction of sp³-hybridized carbons (Fsp3) is 0.152. The number of nitrogens with zero attached hydrogens (tertiary/aromatic N) is 4. The second-order valence-corrected chi connectivity index (χ2v) is 9.65. The van der Waals surface area contributed by atoms with Gasteiger partial charge in [0.15, 0.2) is 0 Å². The molecule has 0 fully saturated rings. The molecule has 1 N–H and O–H groups in total. The third kappa shape index (κ3) is 4.56. The molecule has 0 saturated carbocycles. The van der Waals surface area contributed by atoms with E-state index in [9.17, 15) is 0 Å². The van der Waals surface area contributed by atoms with E-state index in [-0.39, 0.29) is 11.9 Å². The number of nitrogens with one attached hydrogen (secondary N) is 1. The van der Waals surface area contributed by atoms with E-state index in [1.165, 1.54) is 0 Å². The topological polar surface area (TPSA) is 89.8 Å². The molecule has 0 radical (unpaired) electrons. The summed E-state index contributed by atoms with van der Waals surface area (Å²) < 4.78 is 13.1. The molecule has 4 heterocycles. The molecule has 0 amide bonds. The molecule has 1 atom stereocenters. The number of hydrogen-bond donors (Lipinski definition) is 1. The minimum atomic E-state index is -0.175. The van der Waals surface area contributed by atoms with Crippen molar-refractivity contribution >= 4 is 16.9 Å². The fourth-order valence-corrected chi connectivity index (χ4v) is 5.26. The van der Waals surface area contributed by atoms with Crippen LogP contribution in [0.1, 0.15) is 41.2 Å². The summed E-state index contributed by atoms with van der Waals surface area (Å²) in [6, 6.07) is 26.3. The smallest absolute Gasteiger partial charge is 0.213 e. The lowest BCUT2D eigenvalue weighted by molar-refractivity contribution is 0.325. The Morgan fingerprint density at radius 3 is 2.40 bits per heavy atom. The van der Waals surface area contributed by atoms with Crippen molar-refractivity contribution in [3.05, 3.63) is 126 Å². The molecular weight excluding hydrogens is 498 g/mol. The number of fused-ring (bicyclic) bond motifs is 1. The summed E-state index contributed by atoms with van der Waals surface area (Å²) in [5, 5.41) is 12.3. The molecule has 0 aliphatic heterocycles. The molecule has 0 aliphatic carbocycles. The molecule has 0 saturated heterocycles. The number of ether oxygens (including phenoxy) is 1. The summed E-state index contributed by atoms with van der Waals surface area (Å²) >= 11 is 0. The second-order valence-electron chi connectivity index (χ2n) is 9.65. The van der Waals surface area contributed by atoms with Gasteiger partial charge in [-0.25, -0.2) is 0 Å². The summed E-state index contributed by atoms with van der Waals surface area (Å²) in [6.45, 7) is 6.21. The number of pyridine rings is 2. The number of hydrogen-bond acceptors (Lipinski definition) is 6. The first-order valence-electron chi connectivity index (χ1n) is 13.3. The quantitative estimate of drug-likeness (QED) is 0.173. The van der Waals surface area contributed by atoms with Crippen molar-refractivity contribution in [3.8, 4) is 22.3 Å². The zero-order chi connectivity index (χ0) is 27.6. The monoisotopic (exact) mass is 527 g/mol. The molecule has 6 aromatic rings. The van der Waals surface area contributed by atoms with Crippen molar-refractivity contribution in [1.29, 1.82) is 5.41 Å². The first-order chi connectivity index (χ1) is 19.5. The van der Waals surface area contributed by atoms with Crippen LogP contribution in [0.25, 0.3) is 33.3 Å². The fourth-order valence-electron chi connectivity index (χ4n) is 5.26. The Labute approximate surface area is 232 Å². The zero-order valence-electron chi connectivity index (χ0n) is 22.6. The van der Waals surface area contributed by atoms with Crippen molar-refractivity contribution in [3.63, 3.8) is 0 Å². The molecule has 7 heteroatoms. The number of benzene rings is 2. The molecule has 40 heavy (non-hydrogen) atoms. The van der Waals surface area contributed by atoms with E-state index in [0.717, 1.165) is 61.6 Å². The van der Waals surface area contributed by atoms with Gasteiger partial charge >= 0.3 is 0 Å². The molecule has 0 spiro atoms. The van der Waals surface area contributed by atoms with Gasteiger partial charge in [-0.05, 0) is 62.2 Å². The minimum absolute atomic E-state index is 0.165. The van der Waals surface area contributed by atoms with Crippen LogP contribution in [0, 0.1) is 19.3 Å². The first-order valence-corrected chi connectivity index (χ1v) is 13.3. The predicted molar refractivity (Wildman–Crippen MR) is 157 cm³/mol. The molecule has 198 valence electrons. The summed E-state index contributed by atoms with van der Waals surface area (Å²) in [4.78, 5) is 9.76. The Kier molecular flexibility index (Phi) is 6.70. The summed E-state index contributed by atoms with van der Waals surface area (Å²) in [5.41, 5.74) is 9.35. The van der Waals surface area contributed by atoms with Gasteiger partial charge in [-0.3, -0.25) is 15.4 Å². The van der Waals surface area contributed by atoms with Gasteiger partial charge in [0.2, 0.25) is 5.90 Å². The van der Waals surface area contributed by atoms with Gasteiger partial charge in [-0.15, -0.1) is 0 Å². The van der Waals surface area contributed by atoms with Crippen molar-refractivity contribution in [1.82, 2.24) is 19.7 Å². The van der Waals surface area contributed by atoms with Gasteiger partial charge in [0.1, 0.15) is 11.8 Å². The average molecular weight is 528 g/mol. The van der Waals surface area contributed by atoms with Crippen LogP contribution in [0.15, 0.2) is 102 Å². The van der Waals surface area contributed by atoms with Crippen molar-refractivity contribution in [2.75, 3.05) is 6.61 Å². The van der Waals surface area contributed by atoms with Gasteiger partial charge in [0, 0.05) is 40.8 Å². The number of aryl methyl sites for hydroxylation is 2. The van der Waals surface area contributed by atoms with Gasteiger partial charge in [-0.2, -0.15) is 0 Å². The average Bonchev–Trinajstić information content (AvgIpc) is 3.53. The molecule has 0 bridgehead atoms. The summed E-state index contributed by atoms with van der Waals surface area (Å²) in [7, 11) is 0. The highest BCUT2D eigenvalue weighted by Gasteiger charge is 2.24. The van der Waals surface area contributed by atoms with Crippen LogP contribution in [-0.4, -0.2) is 32.2 Å². The maximum Gasteiger partial charge on any atom is 0.213 e. The van der Waals surface area contributed by atoms with E-state index in [2.05, 4.69) is 52.3 Å². The highest BCUT2D eigenvalue weighted by molar-refractivity contribution is 5.97. The third-order valence-electron chi connectivity index (χ3n) is 7.10. The van der Waals surface area contributed by atoms with Crippen LogP contribution in [0.2, 0.25) is 0 Å². The largest absolute Gasteiger partial charge is 0.478 e. The molecule has 4 aromatic heterocycles. The van der Waals surface area contributed by atoms with Crippen molar-refractivity contribution < 1.29 is 9.26 Å². The maximum absolute atomic E-state index is 8.15.